The van der Waals surface area contributed by atoms with Gasteiger partial charge in [0.2, 0.25) is 0 Å². The molecule has 5 heteroatoms. The number of benzene rings is 1. The Morgan fingerprint density at radius 1 is 1.33 bits per heavy atom. The van der Waals surface area contributed by atoms with E-state index < -0.39 is 11.7 Å². The highest BCUT2D eigenvalue weighted by atomic mass is 16.6. The largest absolute Gasteiger partial charge is 0.508 e. The van der Waals surface area contributed by atoms with E-state index in [2.05, 4.69) is 10.6 Å². The maximum absolute atomic E-state index is 11.5. The quantitative estimate of drug-likeness (QED) is 0.730. The zero-order chi connectivity index (χ0) is 16.0. The monoisotopic (exact) mass is 294 g/mol. The van der Waals surface area contributed by atoms with Gasteiger partial charge in [-0.05, 0) is 46.2 Å². The molecular weight excluding hydrogens is 268 g/mol. The minimum atomic E-state index is -0.488. The van der Waals surface area contributed by atoms with E-state index >= 15 is 0 Å². The number of alkyl carbamates (subject to hydrolysis) is 1. The molecule has 1 rings (SSSR count). The van der Waals surface area contributed by atoms with E-state index in [9.17, 15) is 9.90 Å². The van der Waals surface area contributed by atoms with Crippen LogP contribution in [0.4, 0.5) is 4.79 Å². The van der Waals surface area contributed by atoms with Gasteiger partial charge in [-0.2, -0.15) is 0 Å². The van der Waals surface area contributed by atoms with Crippen LogP contribution in [0.25, 0.3) is 0 Å². The first-order valence-corrected chi connectivity index (χ1v) is 7.19. The number of nitrogens with one attached hydrogen (secondary N) is 2. The molecule has 0 radical (unpaired) electrons. The second kappa shape index (κ2) is 7.31. The van der Waals surface area contributed by atoms with Crippen molar-refractivity contribution in [1.82, 2.24) is 10.6 Å². The lowest BCUT2D eigenvalue weighted by Gasteiger charge is -2.20. The fraction of sp³-hybridized carbons (Fsp3) is 0.562. The minimum Gasteiger partial charge on any atom is -0.508 e. The molecule has 1 unspecified atom stereocenters. The van der Waals surface area contributed by atoms with Gasteiger partial charge in [-0.3, -0.25) is 0 Å². The zero-order valence-electron chi connectivity index (χ0n) is 13.5. The van der Waals surface area contributed by atoms with E-state index in [1.54, 1.807) is 6.07 Å². The van der Waals surface area contributed by atoms with Crippen molar-refractivity contribution in [3.05, 3.63) is 29.3 Å². The molecule has 0 bridgehead atoms. The molecule has 0 aromatic heterocycles. The summed E-state index contributed by atoms with van der Waals surface area (Å²) < 4.78 is 5.14. The standard InChI is InChI=1S/C16H26N2O3/c1-11-6-7-13(14(19)10-11)12(2)17-8-9-18-15(20)21-16(3,4)5/h6-7,10,12,17,19H,8-9H2,1-5H3,(H,18,20). The van der Waals surface area contributed by atoms with Crippen LogP contribution in [0.2, 0.25) is 0 Å². The van der Waals surface area contributed by atoms with Crippen molar-refractivity contribution in [2.24, 2.45) is 0 Å². The van der Waals surface area contributed by atoms with E-state index in [1.807, 2.05) is 46.8 Å². The van der Waals surface area contributed by atoms with Gasteiger partial charge in [-0.1, -0.05) is 12.1 Å². The highest BCUT2D eigenvalue weighted by Crippen LogP contribution is 2.24. The fourth-order valence-electron chi connectivity index (χ4n) is 1.90. The van der Waals surface area contributed by atoms with Gasteiger partial charge in [0.25, 0.3) is 0 Å². The lowest BCUT2D eigenvalue weighted by molar-refractivity contribution is 0.0528. The van der Waals surface area contributed by atoms with Crippen molar-refractivity contribution >= 4 is 6.09 Å². The van der Waals surface area contributed by atoms with E-state index in [1.165, 1.54) is 0 Å². The van der Waals surface area contributed by atoms with Crippen LogP contribution in [0, 0.1) is 6.92 Å². The number of rotatable bonds is 5. The molecule has 0 fully saturated rings. The van der Waals surface area contributed by atoms with Crippen LogP contribution in [-0.2, 0) is 4.74 Å². The summed E-state index contributed by atoms with van der Waals surface area (Å²) in [6.07, 6.45) is -0.421. The second-order valence-corrected chi connectivity index (χ2v) is 6.17. The van der Waals surface area contributed by atoms with Gasteiger partial charge in [0.15, 0.2) is 0 Å². The van der Waals surface area contributed by atoms with Crippen LogP contribution in [-0.4, -0.2) is 29.9 Å². The molecular formula is C16H26N2O3. The van der Waals surface area contributed by atoms with Crippen molar-refractivity contribution < 1.29 is 14.6 Å². The zero-order valence-corrected chi connectivity index (χ0v) is 13.5. The third-order valence-corrected chi connectivity index (χ3v) is 2.90. The van der Waals surface area contributed by atoms with Crippen molar-refractivity contribution in [2.45, 2.75) is 46.3 Å². The number of hydrogen-bond donors (Lipinski definition) is 3. The minimum absolute atomic E-state index is 0.00559. The van der Waals surface area contributed by atoms with Crippen molar-refractivity contribution in [3.8, 4) is 5.75 Å². The van der Waals surface area contributed by atoms with Crippen LogP contribution >= 0.6 is 0 Å². The molecule has 1 amide bonds. The SMILES string of the molecule is Cc1ccc(C(C)NCCNC(=O)OC(C)(C)C)c(O)c1. The fourth-order valence-corrected chi connectivity index (χ4v) is 1.90. The van der Waals surface area contributed by atoms with Crippen LogP contribution in [0.1, 0.15) is 44.9 Å². The molecule has 1 aromatic rings. The maximum atomic E-state index is 11.5. The Bertz CT molecular complexity index is 481. The Kier molecular flexibility index (Phi) is 6.03. The van der Waals surface area contributed by atoms with Gasteiger partial charge in [-0.25, -0.2) is 4.79 Å². The summed E-state index contributed by atoms with van der Waals surface area (Å²) in [6, 6.07) is 5.62. The molecule has 0 spiro atoms. The lowest BCUT2D eigenvalue weighted by Crippen LogP contribution is -2.36. The molecule has 1 atom stereocenters. The number of phenols is 1. The van der Waals surface area contributed by atoms with Crippen molar-refractivity contribution in [2.75, 3.05) is 13.1 Å². The van der Waals surface area contributed by atoms with E-state index in [0.29, 0.717) is 13.1 Å². The summed E-state index contributed by atoms with van der Waals surface area (Å²) in [6.45, 7) is 10.4. The first-order chi connectivity index (χ1) is 9.69. The lowest BCUT2D eigenvalue weighted by atomic mass is 10.1. The summed E-state index contributed by atoms with van der Waals surface area (Å²) in [5.41, 5.74) is 1.38. The molecule has 0 aliphatic carbocycles. The van der Waals surface area contributed by atoms with Gasteiger partial charge < -0.3 is 20.5 Å². The molecule has 0 aliphatic heterocycles. The number of hydrogen-bond acceptors (Lipinski definition) is 4. The third-order valence-electron chi connectivity index (χ3n) is 2.90. The molecule has 0 saturated heterocycles. The van der Waals surface area contributed by atoms with Gasteiger partial charge in [0.1, 0.15) is 11.4 Å². The Hall–Kier alpha value is -1.75. The van der Waals surface area contributed by atoms with Gasteiger partial charge in [0, 0.05) is 24.7 Å². The highest BCUT2D eigenvalue weighted by Gasteiger charge is 2.15. The Morgan fingerprint density at radius 2 is 2.00 bits per heavy atom. The normalized spacial score (nSPS) is 12.8. The Labute approximate surface area is 126 Å². The number of phenolic OH excluding ortho intramolecular Hbond substituents is 1. The topological polar surface area (TPSA) is 70.6 Å². The maximum Gasteiger partial charge on any atom is 0.407 e. The van der Waals surface area contributed by atoms with Crippen LogP contribution in [0.15, 0.2) is 18.2 Å². The van der Waals surface area contributed by atoms with E-state index in [4.69, 9.17) is 4.74 Å². The number of carbonyl (C=O) groups excluding carboxylic acids is 1. The van der Waals surface area contributed by atoms with Gasteiger partial charge in [-0.15, -0.1) is 0 Å². The highest BCUT2D eigenvalue weighted by molar-refractivity contribution is 5.67. The predicted molar refractivity (Wildman–Crippen MR) is 83.5 cm³/mol. The smallest absolute Gasteiger partial charge is 0.407 e. The predicted octanol–water partition coefficient (Wildman–Crippen LogP) is 2.88. The van der Waals surface area contributed by atoms with E-state index in [0.717, 1.165) is 11.1 Å². The average molecular weight is 294 g/mol. The third kappa shape index (κ3) is 6.49. The molecule has 21 heavy (non-hydrogen) atoms. The van der Waals surface area contributed by atoms with Gasteiger partial charge >= 0.3 is 6.09 Å². The summed E-state index contributed by atoms with van der Waals surface area (Å²) >= 11 is 0. The number of carbonyl (C=O) groups is 1. The molecule has 118 valence electrons. The Balaban J connectivity index is 2.34. The second-order valence-electron chi connectivity index (χ2n) is 6.17. The average Bonchev–Trinajstić information content (AvgIpc) is 2.32. The number of aromatic hydroxyl groups is 1. The first kappa shape index (κ1) is 17.3. The summed E-state index contributed by atoms with van der Waals surface area (Å²) in [7, 11) is 0. The van der Waals surface area contributed by atoms with Crippen LogP contribution < -0.4 is 10.6 Å². The van der Waals surface area contributed by atoms with Crippen LogP contribution in [0.3, 0.4) is 0 Å². The number of aryl methyl sites for hydroxylation is 1. The first-order valence-electron chi connectivity index (χ1n) is 7.19. The molecule has 0 aliphatic rings. The van der Waals surface area contributed by atoms with Gasteiger partial charge in [0.05, 0.1) is 0 Å². The number of ether oxygens (including phenoxy) is 1. The molecule has 0 saturated carbocycles. The van der Waals surface area contributed by atoms with Crippen molar-refractivity contribution in [1.29, 1.82) is 0 Å². The summed E-state index contributed by atoms with van der Waals surface area (Å²) in [5, 5.41) is 15.8. The number of amides is 1. The van der Waals surface area contributed by atoms with Crippen LogP contribution in [0.5, 0.6) is 5.75 Å². The van der Waals surface area contributed by atoms with E-state index in [-0.39, 0.29) is 11.8 Å². The molecule has 0 heterocycles. The van der Waals surface area contributed by atoms with Crippen molar-refractivity contribution in [3.63, 3.8) is 0 Å². The molecule has 1 aromatic carbocycles. The molecule has 3 N–H and O–H groups in total. The Morgan fingerprint density at radius 3 is 2.57 bits per heavy atom. The summed E-state index contributed by atoms with van der Waals surface area (Å²) in [4.78, 5) is 11.5. The molecule has 5 nitrogen and oxygen atoms in total. The summed E-state index contributed by atoms with van der Waals surface area (Å²) in [5.74, 6) is 0.287.